The van der Waals surface area contributed by atoms with Crippen LogP contribution in [0.2, 0.25) is 5.02 Å². The summed E-state index contributed by atoms with van der Waals surface area (Å²) in [5.41, 5.74) is 3.51. The van der Waals surface area contributed by atoms with Gasteiger partial charge >= 0.3 is 0 Å². The van der Waals surface area contributed by atoms with E-state index in [9.17, 15) is 0 Å². The van der Waals surface area contributed by atoms with Crippen LogP contribution in [0.25, 0.3) is 5.69 Å². The molecule has 2 aliphatic rings. The van der Waals surface area contributed by atoms with E-state index in [1.807, 2.05) is 23.5 Å². The fourth-order valence-corrected chi connectivity index (χ4v) is 5.52. The summed E-state index contributed by atoms with van der Waals surface area (Å²) in [5, 5.41) is 16.8. The van der Waals surface area contributed by atoms with Crippen molar-refractivity contribution < 1.29 is 0 Å². The number of halogens is 1. The second-order valence-electron chi connectivity index (χ2n) is 7.56. The monoisotopic (exact) mass is 399 g/mol. The molecule has 3 aromatic rings. The molecule has 0 radical (unpaired) electrons. The standard InChI is InChI=1S/C20H22ClN5S/c1-12-11-27-20(23-12)14-4-2-13(3-5-14)19-25-24-18-10-22-9-15-8-16(21)6-7-17(15)26(18)19/h6-8,11,13-14,22H,2-5,9-10H2,1H3. The average Bonchev–Trinajstić information content (AvgIpc) is 3.25. The molecule has 0 atom stereocenters. The fourth-order valence-electron chi connectivity index (χ4n) is 4.35. The van der Waals surface area contributed by atoms with Gasteiger partial charge < -0.3 is 5.32 Å². The van der Waals surface area contributed by atoms with Crippen molar-refractivity contribution in [2.24, 2.45) is 0 Å². The van der Waals surface area contributed by atoms with Gasteiger partial charge in [0.2, 0.25) is 0 Å². The number of rotatable bonds is 2. The molecule has 1 fully saturated rings. The molecule has 3 heterocycles. The van der Waals surface area contributed by atoms with Crippen LogP contribution in [0.15, 0.2) is 23.6 Å². The van der Waals surface area contributed by atoms with E-state index in [1.54, 1.807) is 0 Å². The van der Waals surface area contributed by atoms with Gasteiger partial charge in [0.05, 0.1) is 17.2 Å². The molecule has 27 heavy (non-hydrogen) atoms. The molecule has 1 aliphatic heterocycles. The molecule has 2 aromatic heterocycles. The van der Waals surface area contributed by atoms with Crippen molar-refractivity contribution in [2.45, 2.75) is 57.5 Å². The lowest BCUT2D eigenvalue weighted by molar-refractivity contribution is 0.381. The van der Waals surface area contributed by atoms with Crippen LogP contribution in [0.5, 0.6) is 0 Å². The first-order chi connectivity index (χ1) is 13.2. The van der Waals surface area contributed by atoms with Crippen molar-refractivity contribution in [3.05, 3.63) is 56.5 Å². The predicted octanol–water partition coefficient (Wildman–Crippen LogP) is 4.73. The third-order valence-electron chi connectivity index (χ3n) is 5.71. The molecule has 0 unspecified atom stereocenters. The summed E-state index contributed by atoms with van der Waals surface area (Å²) >= 11 is 8.03. The van der Waals surface area contributed by atoms with Crippen molar-refractivity contribution in [3.8, 4) is 5.69 Å². The van der Waals surface area contributed by atoms with Gasteiger partial charge in [0.25, 0.3) is 0 Å². The molecule has 1 N–H and O–H groups in total. The highest BCUT2D eigenvalue weighted by molar-refractivity contribution is 7.09. The Hall–Kier alpha value is -1.76. The normalized spacial score (nSPS) is 22.1. The second kappa shape index (κ2) is 7.00. The first-order valence-corrected chi connectivity index (χ1v) is 10.8. The van der Waals surface area contributed by atoms with E-state index in [1.165, 1.54) is 23.4 Å². The molecule has 140 valence electrons. The highest BCUT2D eigenvalue weighted by Crippen LogP contribution is 2.41. The van der Waals surface area contributed by atoms with E-state index in [4.69, 9.17) is 16.6 Å². The number of thiazole rings is 1. The Morgan fingerprint density at radius 1 is 1.11 bits per heavy atom. The largest absolute Gasteiger partial charge is 0.306 e. The molecular weight excluding hydrogens is 378 g/mol. The minimum Gasteiger partial charge on any atom is -0.306 e. The van der Waals surface area contributed by atoms with Crippen LogP contribution in [0, 0.1) is 6.92 Å². The average molecular weight is 400 g/mol. The quantitative estimate of drug-likeness (QED) is 0.676. The van der Waals surface area contributed by atoms with E-state index in [2.05, 4.69) is 38.5 Å². The summed E-state index contributed by atoms with van der Waals surface area (Å²) in [7, 11) is 0. The van der Waals surface area contributed by atoms with E-state index >= 15 is 0 Å². The Balaban J connectivity index is 1.43. The van der Waals surface area contributed by atoms with Crippen LogP contribution in [-0.4, -0.2) is 19.7 Å². The highest BCUT2D eigenvalue weighted by Gasteiger charge is 2.30. The number of nitrogens with zero attached hydrogens (tertiary/aromatic N) is 4. The zero-order valence-electron chi connectivity index (χ0n) is 15.3. The number of aromatic nitrogens is 4. The lowest BCUT2D eigenvalue weighted by atomic mass is 9.82. The van der Waals surface area contributed by atoms with E-state index in [-0.39, 0.29) is 0 Å². The van der Waals surface area contributed by atoms with Crippen LogP contribution < -0.4 is 5.32 Å². The number of hydrogen-bond acceptors (Lipinski definition) is 5. The van der Waals surface area contributed by atoms with Gasteiger partial charge in [-0.15, -0.1) is 21.5 Å². The molecule has 1 aromatic carbocycles. The minimum absolute atomic E-state index is 0.449. The fraction of sp³-hybridized carbons (Fsp3) is 0.450. The molecule has 0 spiro atoms. The van der Waals surface area contributed by atoms with Crippen molar-refractivity contribution in [1.82, 2.24) is 25.1 Å². The molecule has 0 saturated heterocycles. The van der Waals surface area contributed by atoms with Gasteiger partial charge in [-0.25, -0.2) is 4.98 Å². The molecule has 5 nitrogen and oxygen atoms in total. The van der Waals surface area contributed by atoms with Gasteiger partial charge in [0.15, 0.2) is 5.82 Å². The minimum atomic E-state index is 0.449. The topological polar surface area (TPSA) is 55.6 Å². The molecule has 1 aliphatic carbocycles. The molecule has 1 saturated carbocycles. The Labute approximate surface area is 167 Å². The summed E-state index contributed by atoms with van der Waals surface area (Å²) in [6.45, 7) is 3.61. The Morgan fingerprint density at radius 2 is 1.93 bits per heavy atom. The predicted molar refractivity (Wildman–Crippen MR) is 108 cm³/mol. The van der Waals surface area contributed by atoms with Crippen molar-refractivity contribution in [2.75, 3.05) is 0 Å². The Morgan fingerprint density at radius 3 is 2.70 bits per heavy atom. The maximum absolute atomic E-state index is 6.22. The highest BCUT2D eigenvalue weighted by atomic mass is 35.5. The number of hydrogen-bond donors (Lipinski definition) is 1. The van der Waals surface area contributed by atoms with Crippen molar-refractivity contribution >= 4 is 22.9 Å². The van der Waals surface area contributed by atoms with Gasteiger partial charge in [0.1, 0.15) is 5.82 Å². The van der Waals surface area contributed by atoms with Gasteiger partial charge in [0, 0.05) is 34.5 Å². The maximum atomic E-state index is 6.22. The Kier molecular flexibility index (Phi) is 4.50. The summed E-state index contributed by atoms with van der Waals surface area (Å²) in [5.74, 6) is 3.14. The summed E-state index contributed by atoms with van der Waals surface area (Å²) in [4.78, 5) is 4.71. The van der Waals surface area contributed by atoms with Crippen molar-refractivity contribution in [1.29, 1.82) is 0 Å². The van der Waals surface area contributed by atoms with E-state index < -0.39 is 0 Å². The van der Waals surface area contributed by atoms with Gasteiger partial charge in [-0.1, -0.05) is 11.6 Å². The zero-order chi connectivity index (χ0) is 18.4. The molecular formula is C20H22ClN5S. The first kappa shape index (κ1) is 17.3. The molecule has 0 bridgehead atoms. The van der Waals surface area contributed by atoms with E-state index in [0.717, 1.165) is 54.0 Å². The number of fused-ring (bicyclic) bond motifs is 3. The van der Waals surface area contributed by atoms with Crippen LogP contribution in [0.1, 0.15) is 65.4 Å². The molecule has 7 heteroatoms. The smallest absolute Gasteiger partial charge is 0.151 e. The maximum Gasteiger partial charge on any atom is 0.151 e. The van der Waals surface area contributed by atoms with Crippen LogP contribution in [0.4, 0.5) is 0 Å². The molecule has 5 rings (SSSR count). The third kappa shape index (κ3) is 3.20. The lowest BCUT2D eigenvalue weighted by Gasteiger charge is -2.27. The summed E-state index contributed by atoms with van der Waals surface area (Å²) < 4.78 is 2.27. The van der Waals surface area contributed by atoms with Gasteiger partial charge in [-0.05, 0) is 56.4 Å². The van der Waals surface area contributed by atoms with Crippen LogP contribution >= 0.6 is 22.9 Å². The lowest BCUT2D eigenvalue weighted by Crippen LogP contribution is -2.16. The van der Waals surface area contributed by atoms with Gasteiger partial charge in [-0.2, -0.15) is 0 Å². The first-order valence-electron chi connectivity index (χ1n) is 9.55. The summed E-state index contributed by atoms with van der Waals surface area (Å²) in [6, 6.07) is 6.11. The Bertz CT molecular complexity index is 971. The van der Waals surface area contributed by atoms with Gasteiger partial charge in [-0.3, -0.25) is 4.57 Å². The number of benzene rings is 1. The van der Waals surface area contributed by atoms with Crippen molar-refractivity contribution in [3.63, 3.8) is 0 Å². The zero-order valence-corrected chi connectivity index (χ0v) is 16.9. The van der Waals surface area contributed by atoms with Crippen LogP contribution in [0.3, 0.4) is 0 Å². The summed E-state index contributed by atoms with van der Waals surface area (Å²) in [6.07, 6.45) is 4.62. The SMILES string of the molecule is Cc1csc(C2CCC(c3nnc4n3-c3ccc(Cl)cc3CNC4)CC2)n1. The van der Waals surface area contributed by atoms with E-state index in [0.29, 0.717) is 11.8 Å². The van der Waals surface area contributed by atoms with Crippen LogP contribution in [-0.2, 0) is 13.1 Å². The number of aryl methyl sites for hydroxylation is 1. The number of nitrogens with one attached hydrogen (secondary N) is 1. The second-order valence-corrected chi connectivity index (χ2v) is 8.89. The third-order valence-corrected chi connectivity index (χ3v) is 7.07. The molecule has 0 amide bonds.